The molecule has 0 aliphatic carbocycles. The van der Waals surface area contributed by atoms with E-state index in [4.69, 9.17) is 14.3 Å². The molecule has 0 fully saturated rings. The lowest BCUT2D eigenvalue weighted by Crippen LogP contribution is -1.78. The van der Waals surface area contributed by atoms with Crippen molar-refractivity contribution >= 4 is 17.3 Å². The van der Waals surface area contributed by atoms with Gasteiger partial charge in [-0.05, 0) is 23.6 Å². The minimum absolute atomic E-state index is 0.833. The molecule has 2 aromatic rings. The number of furan rings is 1. The van der Waals surface area contributed by atoms with Gasteiger partial charge in [0.15, 0.2) is 0 Å². The zero-order valence-electron chi connectivity index (χ0n) is 8.34. The van der Waals surface area contributed by atoms with E-state index in [9.17, 15) is 0 Å². The molecule has 3 nitrogen and oxygen atoms in total. The molecular formula is C11H12O3S. The third kappa shape index (κ3) is 5.02. The summed E-state index contributed by atoms with van der Waals surface area (Å²) in [6, 6.07) is 8.10. The first-order valence-electron chi connectivity index (χ1n) is 4.43. The van der Waals surface area contributed by atoms with Crippen molar-refractivity contribution in [1.82, 2.24) is 0 Å². The van der Waals surface area contributed by atoms with Crippen molar-refractivity contribution in [2.24, 2.45) is 0 Å². The average Bonchev–Trinajstić information content (AvgIpc) is 2.76. The van der Waals surface area contributed by atoms with Gasteiger partial charge in [-0.3, -0.25) is 4.79 Å². The van der Waals surface area contributed by atoms with Crippen molar-refractivity contribution in [2.75, 3.05) is 0 Å². The van der Waals surface area contributed by atoms with Gasteiger partial charge < -0.3 is 9.52 Å². The fraction of sp³-hybridized carbons (Fsp3) is 0.182. The molecule has 1 N–H and O–H groups in total. The first-order valence-corrected chi connectivity index (χ1v) is 5.30. The lowest BCUT2D eigenvalue weighted by Gasteiger charge is -1.89. The van der Waals surface area contributed by atoms with E-state index in [2.05, 4.69) is 17.5 Å². The highest BCUT2D eigenvalue weighted by Crippen LogP contribution is 2.14. The minimum Gasteiger partial charge on any atom is -0.481 e. The van der Waals surface area contributed by atoms with E-state index in [-0.39, 0.29) is 0 Å². The van der Waals surface area contributed by atoms with Crippen molar-refractivity contribution in [1.29, 1.82) is 0 Å². The summed E-state index contributed by atoms with van der Waals surface area (Å²) in [5.74, 6) is 0.201. The van der Waals surface area contributed by atoms with Crippen LogP contribution in [0, 0.1) is 0 Å². The van der Waals surface area contributed by atoms with Gasteiger partial charge in [0.25, 0.3) is 5.97 Å². The molecule has 2 heterocycles. The van der Waals surface area contributed by atoms with E-state index in [0.29, 0.717) is 0 Å². The van der Waals surface area contributed by atoms with E-state index in [0.717, 1.165) is 19.1 Å². The van der Waals surface area contributed by atoms with E-state index in [1.807, 2.05) is 12.1 Å². The number of hydrogen-bond donors (Lipinski definition) is 1. The SMILES string of the molecule is CC(=O)O.c1coc(Cc2cccs2)c1. The van der Waals surface area contributed by atoms with Crippen LogP contribution in [0.4, 0.5) is 0 Å². The van der Waals surface area contributed by atoms with Crippen molar-refractivity contribution in [3.63, 3.8) is 0 Å². The number of carboxylic acids is 1. The molecule has 0 radical (unpaired) electrons. The third-order valence-electron chi connectivity index (χ3n) is 1.51. The Morgan fingerprint density at radius 3 is 2.67 bits per heavy atom. The molecule has 0 aliphatic rings. The van der Waals surface area contributed by atoms with Crippen LogP contribution in [0.25, 0.3) is 0 Å². The largest absolute Gasteiger partial charge is 0.481 e. The molecule has 4 heteroatoms. The highest BCUT2D eigenvalue weighted by atomic mass is 32.1. The zero-order chi connectivity index (χ0) is 11.1. The summed E-state index contributed by atoms with van der Waals surface area (Å²) in [5.41, 5.74) is 0. The van der Waals surface area contributed by atoms with Gasteiger partial charge in [-0.15, -0.1) is 11.3 Å². The molecule has 0 spiro atoms. The number of thiophene rings is 1. The van der Waals surface area contributed by atoms with Gasteiger partial charge in [-0.25, -0.2) is 0 Å². The monoisotopic (exact) mass is 224 g/mol. The standard InChI is InChI=1S/C9H8OS.C2H4O2/c1-3-8(10-5-1)7-9-4-2-6-11-9;1-2(3)4/h1-6H,7H2;1H3,(H,3,4). The lowest BCUT2D eigenvalue weighted by atomic mass is 10.3. The van der Waals surface area contributed by atoms with Crippen LogP contribution in [-0.2, 0) is 11.2 Å². The van der Waals surface area contributed by atoms with Crippen LogP contribution in [0.2, 0.25) is 0 Å². The molecule has 2 aromatic heterocycles. The first kappa shape index (κ1) is 11.5. The molecule has 0 bridgehead atoms. The summed E-state index contributed by atoms with van der Waals surface area (Å²) < 4.78 is 5.21. The summed E-state index contributed by atoms with van der Waals surface area (Å²) in [7, 11) is 0. The van der Waals surface area contributed by atoms with Crippen LogP contribution in [0.15, 0.2) is 40.3 Å². The first-order chi connectivity index (χ1) is 7.18. The van der Waals surface area contributed by atoms with Gasteiger partial charge in [0.1, 0.15) is 5.76 Å². The van der Waals surface area contributed by atoms with E-state index < -0.39 is 5.97 Å². The number of hydrogen-bond acceptors (Lipinski definition) is 3. The molecule has 80 valence electrons. The fourth-order valence-corrected chi connectivity index (χ4v) is 1.71. The predicted molar refractivity (Wildman–Crippen MR) is 59.1 cm³/mol. The Labute approximate surface area is 92.0 Å². The van der Waals surface area contributed by atoms with Crippen molar-refractivity contribution in [3.05, 3.63) is 46.5 Å². The topological polar surface area (TPSA) is 50.4 Å². The average molecular weight is 224 g/mol. The van der Waals surface area contributed by atoms with E-state index in [1.54, 1.807) is 17.6 Å². The van der Waals surface area contributed by atoms with Crippen LogP contribution in [0.5, 0.6) is 0 Å². The number of rotatable bonds is 2. The van der Waals surface area contributed by atoms with Crippen LogP contribution in [0.3, 0.4) is 0 Å². The summed E-state index contributed by atoms with van der Waals surface area (Å²) in [6.45, 7) is 1.08. The molecule has 0 aliphatic heterocycles. The molecule has 2 rings (SSSR count). The quantitative estimate of drug-likeness (QED) is 0.853. The molecule has 0 saturated carbocycles. The van der Waals surface area contributed by atoms with Gasteiger partial charge in [-0.1, -0.05) is 6.07 Å². The summed E-state index contributed by atoms with van der Waals surface area (Å²) >= 11 is 1.76. The normalized spacial score (nSPS) is 9.13. The second-order valence-corrected chi connectivity index (χ2v) is 3.89. The van der Waals surface area contributed by atoms with Gasteiger partial charge in [-0.2, -0.15) is 0 Å². The number of carboxylic acid groups (broad SMARTS) is 1. The molecule has 0 unspecified atom stereocenters. The van der Waals surface area contributed by atoms with Gasteiger partial charge >= 0.3 is 0 Å². The smallest absolute Gasteiger partial charge is 0.300 e. The Bertz CT molecular complexity index is 340. The highest BCUT2D eigenvalue weighted by molar-refractivity contribution is 7.09. The Balaban J connectivity index is 0.000000245. The Kier molecular flexibility index (Phi) is 4.63. The van der Waals surface area contributed by atoms with Crippen LogP contribution < -0.4 is 0 Å². The zero-order valence-corrected chi connectivity index (χ0v) is 9.16. The summed E-state index contributed by atoms with van der Waals surface area (Å²) in [6.07, 6.45) is 2.63. The van der Waals surface area contributed by atoms with Gasteiger partial charge in [0, 0.05) is 18.2 Å². The molecule has 0 atom stereocenters. The van der Waals surface area contributed by atoms with E-state index in [1.165, 1.54) is 4.88 Å². The van der Waals surface area contributed by atoms with Crippen molar-refractivity contribution in [2.45, 2.75) is 13.3 Å². The second kappa shape index (κ2) is 6.03. The molecular weight excluding hydrogens is 212 g/mol. The molecule has 0 amide bonds. The number of carbonyl (C=O) groups is 1. The van der Waals surface area contributed by atoms with Gasteiger partial charge in [0.05, 0.1) is 6.26 Å². The van der Waals surface area contributed by atoms with Crippen LogP contribution in [-0.4, -0.2) is 11.1 Å². The maximum atomic E-state index is 9.00. The van der Waals surface area contributed by atoms with Gasteiger partial charge in [0.2, 0.25) is 0 Å². The Morgan fingerprint density at radius 2 is 2.20 bits per heavy atom. The van der Waals surface area contributed by atoms with Crippen molar-refractivity contribution in [3.8, 4) is 0 Å². The van der Waals surface area contributed by atoms with Crippen molar-refractivity contribution < 1.29 is 14.3 Å². The van der Waals surface area contributed by atoms with E-state index >= 15 is 0 Å². The molecule has 0 aromatic carbocycles. The molecule has 0 saturated heterocycles. The maximum absolute atomic E-state index is 9.00. The second-order valence-electron chi connectivity index (χ2n) is 2.85. The number of aliphatic carboxylic acids is 1. The predicted octanol–water partition coefficient (Wildman–Crippen LogP) is 3.02. The minimum atomic E-state index is -0.833. The Morgan fingerprint density at radius 1 is 1.47 bits per heavy atom. The lowest BCUT2D eigenvalue weighted by molar-refractivity contribution is -0.134. The van der Waals surface area contributed by atoms with Crippen LogP contribution in [0.1, 0.15) is 17.6 Å². The third-order valence-corrected chi connectivity index (χ3v) is 2.39. The maximum Gasteiger partial charge on any atom is 0.300 e. The molecule has 15 heavy (non-hydrogen) atoms. The highest BCUT2D eigenvalue weighted by Gasteiger charge is 1.97. The summed E-state index contributed by atoms with van der Waals surface area (Å²) in [4.78, 5) is 10.3. The summed E-state index contributed by atoms with van der Waals surface area (Å²) in [5, 5.41) is 9.50. The fourth-order valence-electron chi connectivity index (χ4n) is 0.998. The Hall–Kier alpha value is -1.55. The van der Waals surface area contributed by atoms with Crippen LogP contribution >= 0.6 is 11.3 Å².